The topological polar surface area (TPSA) is 106 Å². The second-order valence-corrected chi connectivity index (χ2v) is 7.76. The van der Waals surface area contributed by atoms with E-state index in [1.165, 1.54) is 0 Å². The number of rotatable bonds is 7. The van der Waals surface area contributed by atoms with E-state index >= 15 is 0 Å². The lowest BCUT2D eigenvalue weighted by molar-refractivity contribution is -0.127. The van der Waals surface area contributed by atoms with E-state index in [9.17, 15) is 4.79 Å². The molecule has 164 valence electrons. The van der Waals surface area contributed by atoms with Gasteiger partial charge in [0.05, 0.1) is 19.7 Å². The van der Waals surface area contributed by atoms with Gasteiger partial charge in [-0.25, -0.2) is 0 Å². The number of nitrogens with zero attached hydrogens (tertiary/aromatic N) is 4. The third-order valence-corrected chi connectivity index (χ3v) is 5.81. The largest absolute Gasteiger partial charge is 0.493 e. The number of aromatic amines is 1. The second-order valence-electron chi connectivity index (χ2n) is 7.76. The normalized spacial score (nSPS) is 16.1. The molecule has 3 heterocycles. The summed E-state index contributed by atoms with van der Waals surface area (Å²) in [5.74, 6) is 2.25. The number of carbonyl (C=O) groups excluding carboxylic acids is 1. The van der Waals surface area contributed by atoms with Crippen LogP contribution in [0.5, 0.6) is 11.5 Å². The van der Waals surface area contributed by atoms with Crippen LogP contribution in [0.3, 0.4) is 0 Å². The van der Waals surface area contributed by atoms with Crippen LogP contribution in [0.25, 0.3) is 22.5 Å². The van der Waals surface area contributed by atoms with Crippen LogP contribution < -0.4 is 9.47 Å². The minimum absolute atomic E-state index is 0.0899. The van der Waals surface area contributed by atoms with Gasteiger partial charge >= 0.3 is 0 Å². The summed E-state index contributed by atoms with van der Waals surface area (Å²) in [6.07, 6.45) is 1.09. The Balaban J connectivity index is 1.26. The number of aromatic nitrogens is 4. The molecule has 1 fully saturated rings. The summed E-state index contributed by atoms with van der Waals surface area (Å²) < 4.78 is 16.1. The third kappa shape index (κ3) is 3.66. The lowest BCUT2D eigenvalue weighted by Gasteiger charge is -2.16. The lowest BCUT2D eigenvalue weighted by Crippen LogP contribution is -2.27. The molecule has 0 aliphatic carbocycles. The number of amides is 1. The molecule has 1 aliphatic rings. The van der Waals surface area contributed by atoms with Gasteiger partial charge in [-0.1, -0.05) is 29.4 Å². The van der Waals surface area contributed by atoms with Gasteiger partial charge in [0.2, 0.25) is 5.91 Å². The Labute approximate surface area is 184 Å². The lowest BCUT2D eigenvalue weighted by atomic mass is 10.1. The molecule has 4 aromatic rings. The molecule has 1 aliphatic heterocycles. The number of likely N-dealkylation sites (tertiary alicyclic amines) is 1. The molecule has 1 saturated heterocycles. The molecule has 0 bridgehead atoms. The molecule has 0 saturated carbocycles. The number of benzene rings is 2. The maximum atomic E-state index is 12.6. The number of hydrogen-bond acceptors (Lipinski definition) is 7. The van der Waals surface area contributed by atoms with Crippen LogP contribution in [-0.2, 0) is 11.2 Å². The van der Waals surface area contributed by atoms with Gasteiger partial charge in [0.25, 0.3) is 5.89 Å². The molecular weight excluding hydrogens is 410 g/mol. The summed E-state index contributed by atoms with van der Waals surface area (Å²) in [4.78, 5) is 19.0. The quantitative estimate of drug-likeness (QED) is 0.477. The number of carbonyl (C=O) groups is 1. The van der Waals surface area contributed by atoms with Crippen molar-refractivity contribution in [3.63, 3.8) is 0 Å². The molecule has 2 aromatic heterocycles. The average Bonchev–Trinajstić information content (AvgIpc) is 3.55. The van der Waals surface area contributed by atoms with Crippen molar-refractivity contribution in [1.29, 1.82) is 0 Å². The first kappa shape index (κ1) is 20.0. The zero-order valence-electron chi connectivity index (χ0n) is 17.9. The molecule has 1 N–H and O–H groups in total. The van der Waals surface area contributed by atoms with Crippen molar-refractivity contribution < 1.29 is 18.8 Å². The Morgan fingerprint density at radius 3 is 2.84 bits per heavy atom. The number of para-hydroxylation sites is 1. The van der Waals surface area contributed by atoms with E-state index in [0.717, 1.165) is 22.9 Å². The summed E-state index contributed by atoms with van der Waals surface area (Å²) in [7, 11) is 3.22. The number of methoxy groups -OCH3 is 2. The molecule has 1 atom stereocenters. The van der Waals surface area contributed by atoms with Crippen molar-refractivity contribution >= 4 is 16.8 Å². The standard InChI is InChI=1S/C23H23N5O4/c1-30-18-8-7-14(11-19(18)31-2)9-10-28-13-15(12-20(28)29)22-24-23(32-27-22)21-16-5-3-4-6-17(16)25-26-21/h3-8,11,15H,9-10,12-13H2,1-2H3,(H,25,26). The number of ether oxygens (including phenoxy) is 2. The second kappa shape index (κ2) is 8.33. The zero-order valence-corrected chi connectivity index (χ0v) is 17.9. The van der Waals surface area contributed by atoms with Crippen LogP contribution in [0.4, 0.5) is 0 Å². The van der Waals surface area contributed by atoms with Gasteiger partial charge < -0.3 is 18.9 Å². The number of nitrogens with one attached hydrogen (secondary N) is 1. The fourth-order valence-electron chi connectivity index (χ4n) is 4.08. The number of H-pyrrole nitrogens is 1. The number of hydrogen-bond donors (Lipinski definition) is 1. The summed E-state index contributed by atoms with van der Waals surface area (Å²) in [5, 5.41) is 12.3. The van der Waals surface area contributed by atoms with Crippen molar-refractivity contribution in [3.8, 4) is 23.1 Å². The van der Waals surface area contributed by atoms with Crippen molar-refractivity contribution in [2.45, 2.75) is 18.8 Å². The number of fused-ring (bicyclic) bond motifs is 1. The first-order chi connectivity index (χ1) is 15.7. The SMILES string of the molecule is COc1ccc(CCN2CC(c3noc(-c4n[nH]c5ccccc45)n3)CC2=O)cc1OC. The van der Waals surface area contributed by atoms with E-state index in [-0.39, 0.29) is 11.8 Å². The zero-order chi connectivity index (χ0) is 22.1. The third-order valence-electron chi connectivity index (χ3n) is 5.81. The summed E-state index contributed by atoms with van der Waals surface area (Å²) in [6, 6.07) is 13.6. The van der Waals surface area contributed by atoms with E-state index in [1.54, 1.807) is 14.2 Å². The van der Waals surface area contributed by atoms with Gasteiger partial charge in [-0.2, -0.15) is 10.1 Å². The van der Waals surface area contributed by atoms with Gasteiger partial charge in [-0.05, 0) is 30.2 Å². The van der Waals surface area contributed by atoms with Crippen molar-refractivity contribution in [2.75, 3.05) is 27.3 Å². The maximum Gasteiger partial charge on any atom is 0.279 e. The molecular formula is C23H23N5O4. The highest BCUT2D eigenvalue weighted by atomic mass is 16.5. The Kier molecular flexibility index (Phi) is 5.22. The Hall–Kier alpha value is -3.88. The fourth-order valence-corrected chi connectivity index (χ4v) is 4.08. The van der Waals surface area contributed by atoms with E-state index in [1.807, 2.05) is 47.4 Å². The van der Waals surface area contributed by atoms with Crippen LogP contribution >= 0.6 is 0 Å². The predicted molar refractivity (Wildman–Crippen MR) is 117 cm³/mol. The van der Waals surface area contributed by atoms with Gasteiger partial charge in [-0.3, -0.25) is 9.89 Å². The van der Waals surface area contributed by atoms with E-state index in [4.69, 9.17) is 14.0 Å². The van der Waals surface area contributed by atoms with Crippen LogP contribution in [-0.4, -0.2) is 58.5 Å². The molecule has 32 heavy (non-hydrogen) atoms. The van der Waals surface area contributed by atoms with Gasteiger partial charge in [0.1, 0.15) is 0 Å². The molecule has 1 unspecified atom stereocenters. The minimum atomic E-state index is -0.101. The Morgan fingerprint density at radius 1 is 1.16 bits per heavy atom. The highest BCUT2D eigenvalue weighted by molar-refractivity contribution is 5.90. The van der Waals surface area contributed by atoms with E-state index in [2.05, 4.69) is 20.3 Å². The van der Waals surface area contributed by atoms with Crippen LogP contribution in [0, 0.1) is 0 Å². The van der Waals surface area contributed by atoms with Gasteiger partial charge in [0.15, 0.2) is 23.0 Å². The smallest absolute Gasteiger partial charge is 0.279 e. The summed E-state index contributed by atoms with van der Waals surface area (Å²) in [5.41, 5.74) is 2.60. The highest BCUT2D eigenvalue weighted by Crippen LogP contribution is 2.31. The van der Waals surface area contributed by atoms with Crippen molar-refractivity contribution in [1.82, 2.24) is 25.2 Å². The van der Waals surface area contributed by atoms with Gasteiger partial charge in [0, 0.05) is 30.8 Å². The van der Waals surface area contributed by atoms with E-state index in [0.29, 0.717) is 48.4 Å². The summed E-state index contributed by atoms with van der Waals surface area (Å²) >= 11 is 0. The molecule has 5 rings (SSSR count). The minimum Gasteiger partial charge on any atom is -0.493 e. The molecule has 9 nitrogen and oxygen atoms in total. The van der Waals surface area contributed by atoms with Crippen molar-refractivity contribution in [3.05, 3.63) is 53.9 Å². The monoisotopic (exact) mass is 433 g/mol. The van der Waals surface area contributed by atoms with Crippen molar-refractivity contribution in [2.24, 2.45) is 0 Å². The van der Waals surface area contributed by atoms with Crippen LogP contribution in [0.1, 0.15) is 23.7 Å². The first-order valence-electron chi connectivity index (χ1n) is 10.4. The Bertz CT molecular complexity index is 1260. The first-order valence-corrected chi connectivity index (χ1v) is 10.4. The van der Waals surface area contributed by atoms with Crippen LogP contribution in [0.2, 0.25) is 0 Å². The molecule has 2 aromatic carbocycles. The molecule has 1 amide bonds. The van der Waals surface area contributed by atoms with Crippen LogP contribution in [0.15, 0.2) is 47.0 Å². The molecule has 0 spiro atoms. The maximum absolute atomic E-state index is 12.6. The Morgan fingerprint density at radius 2 is 2.00 bits per heavy atom. The average molecular weight is 433 g/mol. The van der Waals surface area contributed by atoms with E-state index < -0.39 is 0 Å². The predicted octanol–water partition coefficient (Wildman–Crippen LogP) is 3.19. The fraction of sp³-hybridized carbons (Fsp3) is 0.304. The van der Waals surface area contributed by atoms with Gasteiger partial charge in [-0.15, -0.1) is 0 Å². The molecule has 9 heteroatoms. The highest BCUT2D eigenvalue weighted by Gasteiger charge is 2.34. The molecule has 0 radical (unpaired) electrons. The summed E-state index contributed by atoms with van der Waals surface area (Å²) in [6.45, 7) is 1.17.